The van der Waals surface area contributed by atoms with Gasteiger partial charge in [-0.1, -0.05) is 17.7 Å². The molecular weight excluding hydrogens is 428 g/mol. The van der Waals surface area contributed by atoms with Crippen molar-refractivity contribution in [1.29, 1.82) is 0 Å². The van der Waals surface area contributed by atoms with Crippen LogP contribution in [0.3, 0.4) is 0 Å². The molecule has 1 aromatic heterocycles. The number of anilines is 1. The van der Waals surface area contributed by atoms with Gasteiger partial charge in [-0.25, -0.2) is 9.59 Å². The molecule has 31 heavy (non-hydrogen) atoms. The molecule has 0 bridgehead atoms. The number of aliphatic carboxylic acids is 2. The van der Waals surface area contributed by atoms with Crippen molar-refractivity contribution in [3.05, 3.63) is 52.9 Å². The Hall–Kier alpha value is -2.59. The van der Waals surface area contributed by atoms with Gasteiger partial charge < -0.3 is 29.4 Å². The van der Waals surface area contributed by atoms with E-state index in [1.165, 1.54) is 11.3 Å². The zero-order valence-corrected chi connectivity index (χ0v) is 18.0. The SMILES string of the molecule is Cc1ccc(Cl)cc1N1CCN(CC(O)COCc2ccco2)CC1.O=C(O)C(=O)O. The summed E-state index contributed by atoms with van der Waals surface area (Å²) in [5.41, 5.74) is 2.44. The Morgan fingerprint density at radius 2 is 1.84 bits per heavy atom. The third-order valence-corrected chi connectivity index (χ3v) is 4.91. The largest absolute Gasteiger partial charge is 0.473 e. The van der Waals surface area contributed by atoms with Gasteiger partial charge in [0, 0.05) is 43.4 Å². The van der Waals surface area contributed by atoms with Gasteiger partial charge in [-0.3, -0.25) is 4.90 Å². The third-order valence-electron chi connectivity index (χ3n) is 4.67. The van der Waals surface area contributed by atoms with Gasteiger partial charge in [0.25, 0.3) is 0 Å². The fraction of sp³-hybridized carbons (Fsp3) is 0.429. The molecule has 1 unspecified atom stereocenters. The molecular formula is C21H27ClN2O7. The van der Waals surface area contributed by atoms with Crippen LogP contribution in [-0.4, -0.2) is 77.6 Å². The number of hydrogen-bond donors (Lipinski definition) is 3. The van der Waals surface area contributed by atoms with Crippen molar-refractivity contribution in [3.63, 3.8) is 0 Å². The number of β-amino-alcohol motifs (C(OH)–C–C–N with tert-alkyl or cyclic N) is 1. The number of rotatable bonds is 7. The van der Waals surface area contributed by atoms with Crippen LogP contribution in [0.15, 0.2) is 41.0 Å². The van der Waals surface area contributed by atoms with Gasteiger partial charge in [0.2, 0.25) is 0 Å². The summed E-state index contributed by atoms with van der Waals surface area (Å²) in [6, 6.07) is 9.71. The minimum atomic E-state index is -1.82. The van der Waals surface area contributed by atoms with Crippen LogP contribution < -0.4 is 4.90 Å². The Morgan fingerprint density at radius 1 is 1.16 bits per heavy atom. The molecule has 1 aromatic carbocycles. The number of carboxylic acids is 2. The van der Waals surface area contributed by atoms with Gasteiger partial charge in [0.15, 0.2) is 0 Å². The fourth-order valence-electron chi connectivity index (χ4n) is 3.14. The molecule has 9 nitrogen and oxygen atoms in total. The van der Waals surface area contributed by atoms with Gasteiger partial charge in [-0.15, -0.1) is 0 Å². The quantitative estimate of drug-likeness (QED) is 0.539. The van der Waals surface area contributed by atoms with Crippen molar-refractivity contribution in [2.75, 3.05) is 44.2 Å². The molecule has 2 aromatic rings. The summed E-state index contributed by atoms with van der Waals surface area (Å²) >= 11 is 6.13. The molecule has 0 amide bonds. The zero-order valence-electron chi connectivity index (χ0n) is 17.2. The molecule has 1 saturated heterocycles. The van der Waals surface area contributed by atoms with E-state index in [4.69, 9.17) is 40.6 Å². The van der Waals surface area contributed by atoms with Crippen LogP contribution in [0.1, 0.15) is 11.3 Å². The van der Waals surface area contributed by atoms with Crippen LogP contribution in [0.5, 0.6) is 0 Å². The van der Waals surface area contributed by atoms with E-state index in [2.05, 4.69) is 22.8 Å². The first-order valence-corrected chi connectivity index (χ1v) is 10.1. The highest BCUT2D eigenvalue weighted by Gasteiger charge is 2.20. The third kappa shape index (κ3) is 8.58. The van der Waals surface area contributed by atoms with E-state index >= 15 is 0 Å². The van der Waals surface area contributed by atoms with Gasteiger partial charge in [0.1, 0.15) is 12.4 Å². The standard InChI is InChI=1S/C19H25ClN2O3.C2H2O4/c1-15-4-5-16(20)11-19(15)22-8-6-21(7-9-22)12-17(23)13-24-14-18-3-2-10-25-18;3-1(4)2(5)6/h2-5,10-11,17,23H,6-9,12-14H2,1H3;(H,3,4)(H,5,6). The summed E-state index contributed by atoms with van der Waals surface area (Å²) in [5.74, 6) is -2.87. The van der Waals surface area contributed by atoms with E-state index in [1.807, 2.05) is 24.3 Å². The van der Waals surface area contributed by atoms with Crippen LogP contribution in [0, 0.1) is 6.92 Å². The van der Waals surface area contributed by atoms with E-state index in [9.17, 15) is 5.11 Å². The van der Waals surface area contributed by atoms with E-state index < -0.39 is 18.0 Å². The van der Waals surface area contributed by atoms with Gasteiger partial charge in [-0.2, -0.15) is 0 Å². The maximum Gasteiger partial charge on any atom is 0.414 e. The predicted octanol–water partition coefficient (Wildman–Crippen LogP) is 2.10. The number of aliphatic hydroxyl groups is 1. The number of furan rings is 1. The lowest BCUT2D eigenvalue weighted by Gasteiger charge is -2.37. The number of piperazine rings is 1. The number of halogens is 1. The lowest BCUT2D eigenvalue weighted by molar-refractivity contribution is -0.159. The summed E-state index contributed by atoms with van der Waals surface area (Å²) in [6.45, 7) is 7.14. The molecule has 1 aliphatic heterocycles. The Labute approximate surface area is 185 Å². The Bertz CT molecular complexity index is 824. The summed E-state index contributed by atoms with van der Waals surface area (Å²) in [5, 5.41) is 25.7. The second-order valence-electron chi connectivity index (χ2n) is 7.08. The van der Waals surface area contributed by atoms with E-state index in [0.29, 0.717) is 19.8 Å². The second-order valence-corrected chi connectivity index (χ2v) is 7.51. The monoisotopic (exact) mass is 454 g/mol. The van der Waals surface area contributed by atoms with Crippen LogP contribution in [0.4, 0.5) is 5.69 Å². The normalized spacial score (nSPS) is 15.1. The average molecular weight is 455 g/mol. The summed E-state index contributed by atoms with van der Waals surface area (Å²) in [7, 11) is 0. The van der Waals surface area contributed by atoms with E-state index in [0.717, 1.165) is 37.0 Å². The molecule has 3 rings (SSSR count). The zero-order chi connectivity index (χ0) is 22.8. The smallest absolute Gasteiger partial charge is 0.414 e. The number of carboxylic acid groups (broad SMARTS) is 2. The van der Waals surface area contributed by atoms with Crippen LogP contribution in [-0.2, 0) is 20.9 Å². The van der Waals surface area contributed by atoms with Crippen LogP contribution >= 0.6 is 11.6 Å². The molecule has 10 heteroatoms. The number of aliphatic hydroxyl groups excluding tert-OH is 1. The van der Waals surface area contributed by atoms with Crippen LogP contribution in [0.2, 0.25) is 5.02 Å². The predicted molar refractivity (Wildman–Crippen MR) is 114 cm³/mol. The van der Waals surface area contributed by atoms with Gasteiger partial charge in [0.05, 0.1) is 19.0 Å². The second kappa shape index (κ2) is 12.3. The summed E-state index contributed by atoms with van der Waals surface area (Å²) in [6.07, 6.45) is 1.13. The fourth-order valence-corrected chi connectivity index (χ4v) is 3.30. The lowest BCUT2D eigenvalue weighted by Crippen LogP contribution is -2.49. The van der Waals surface area contributed by atoms with Crippen molar-refractivity contribution in [2.24, 2.45) is 0 Å². The number of nitrogens with zero attached hydrogens (tertiary/aromatic N) is 2. The maximum atomic E-state index is 10.2. The average Bonchev–Trinajstić information content (AvgIpc) is 3.24. The van der Waals surface area contributed by atoms with Gasteiger partial charge in [-0.05, 0) is 36.8 Å². The van der Waals surface area contributed by atoms with Crippen molar-refractivity contribution < 1.29 is 34.1 Å². The first-order valence-electron chi connectivity index (χ1n) is 9.74. The van der Waals surface area contributed by atoms with Gasteiger partial charge >= 0.3 is 11.9 Å². The number of hydrogen-bond acceptors (Lipinski definition) is 7. The Balaban J connectivity index is 0.000000501. The van der Waals surface area contributed by atoms with Crippen molar-refractivity contribution in [1.82, 2.24) is 4.90 Å². The van der Waals surface area contributed by atoms with E-state index in [1.54, 1.807) is 6.26 Å². The first kappa shape index (κ1) is 24.7. The Morgan fingerprint density at radius 3 is 2.42 bits per heavy atom. The number of benzene rings is 1. The highest BCUT2D eigenvalue weighted by atomic mass is 35.5. The molecule has 0 saturated carbocycles. The minimum Gasteiger partial charge on any atom is -0.473 e. The minimum absolute atomic E-state index is 0.314. The summed E-state index contributed by atoms with van der Waals surface area (Å²) < 4.78 is 10.7. The number of aryl methyl sites for hydroxylation is 1. The maximum absolute atomic E-state index is 10.2. The van der Waals surface area contributed by atoms with E-state index in [-0.39, 0.29) is 0 Å². The molecule has 2 heterocycles. The first-order chi connectivity index (χ1) is 14.8. The molecule has 3 N–H and O–H groups in total. The van der Waals surface area contributed by atoms with Crippen molar-refractivity contribution in [2.45, 2.75) is 19.6 Å². The molecule has 0 spiro atoms. The topological polar surface area (TPSA) is 124 Å². The lowest BCUT2D eigenvalue weighted by atomic mass is 10.1. The highest BCUT2D eigenvalue weighted by Crippen LogP contribution is 2.25. The molecule has 1 atom stereocenters. The number of ether oxygens (including phenoxy) is 1. The summed E-state index contributed by atoms with van der Waals surface area (Å²) in [4.78, 5) is 22.8. The molecule has 1 fully saturated rings. The molecule has 1 aliphatic rings. The number of carbonyl (C=O) groups is 2. The molecule has 170 valence electrons. The molecule has 0 aliphatic carbocycles. The van der Waals surface area contributed by atoms with Crippen molar-refractivity contribution in [3.8, 4) is 0 Å². The highest BCUT2D eigenvalue weighted by molar-refractivity contribution is 6.30. The van der Waals surface area contributed by atoms with Crippen molar-refractivity contribution >= 4 is 29.2 Å². The Kier molecular flexibility index (Phi) is 9.80. The molecule has 0 radical (unpaired) electrons. The van der Waals surface area contributed by atoms with Crippen LogP contribution in [0.25, 0.3) is 0 Å².